The Bertz CT molecular complexity index is 1040. The van der Waals surface area contributed by atoms with Gasteiger partial charge in [-0.25, -0.2) is 4.98 Å². The number of amides is 1. The molecule has 1 N–H and O–H groups in total. The van der Waals surface area contributed by atoms with Gasteiger partial charge >= 0.3 is 0 Å². The summed E-state index contributed by atoms with van der Waals surface area (Å²) < 4.78 is 1.14. The highest BCUT2D eigenvalue weighted by Gasteiger charge is 2.20. The molecule has 4 rings (SSSR count). The summed E-state index contributed by atoms with van der Waals surface area (Å²) in [6, 6.07) is 25.9. The lowest BCUT2D eigenvalue weighted by atomic mass is 9.95. The lowest BCUT2D eigenvalue weighted by molar-refractivity contribution is -0.117. The van der Waals surface area contributed by atoms with Gasteiger partial charge in [-0.3, -0.25) is 4.79 Å². The number of hydrogen-bond donors (Lipinski definition) is 1. The van der Waals surface area contributed by atoms with Gasteiger partial charge in [0, 0.05) is 5.56 Å². The molecule has 1 atom stereocenters. The third kappa shape index (κ3) is 3.62. The number of anilines is 1. The van der Waals surface area contributed by atoms with Crippen molar-refractivity contribution in [2.75, 3.05) is 5.32 Å². The number of fused-ring (bicyclic) bond motifs is 1. The SMILES string of the molecule is CCC(C(=O)Nc1ccccc1-c1nc2ccccc2s1)c1ccccc1. The largest absolute Gasteiger partial charge is 0.325 e. The van der Waals surface area contributed by atoms with Gasteiger partial charge in [-0.05, 0) is 36.2 Å². The molecule has 27 heavy (non-hydrogen) atoms. The maximum absolute atomic E-state index is 13.0. The number of nitrogens with zero attached hydrogens (tertiary/aromatic N) is 1. The van der Waals surface area contributed by atoms with E-state index >= 15 is 0 Å². The third-order valence-corrected chi connectivity index (χ3v) is 5.71. The maximum Gasteiger partial charge on any atom is 0.231 e. The summed E-state index contributed by atoms with van der Waals surface area (Å²) in [7, 11) is 0. The molecule has 1 unspecified atom stereocenters. The highest BCUT2D eigenvalue weighted by atomic mass is 32.1. The highest BCUT2D eigenvalue weighted by molar-refractivity contribution is 7.21. The van der Waals surface area contributed by atoms with Crippen molar-refractivity contribution >= 4 is 33.1 Å². The molecule has 0 bridgehead atoms. The first-order valence-electron chi connectivity index (χ1n) is 9.07. The van der Waals surface area contributed by atoms with Gasteiger partial charge in [0.05, 0.1) is 21.8 Å². The van der Waals surface area contributed by atoms with Gasteiger partial charge in [0.25, 0.3) is 0 Å². The Morgan fingerprint density at radius 3 is 2.44 bits per heavy atom. The molecule has 0 aliphatic carbocycles. The molecule has 1 amide bonds. The van der Waals surface area contributed by atoms with Gasteiger partial charge in [0.1, 0.15) is 5.01 Å². The van der Waals surface area contributed by atoms with E-state index < -0.39 is 0 Å². The maximum atomic E-state index is 13.0. The molecule has 3 aromatic carbocycles. The standard InChI is InChI=1S/C23H20N2OS/c1-2-17(16-10-4-3-5-11-16)22(26)24-19-13-7-6-12-18(19)23-25-20-14-8-9-15-21(20)27-23/h3-15,17H,2H2,1H3,(H,24,26). The van der Waals surface area contributed by atoms with Gasteiger partial charge in [0.2, 0.25) is 5.91 Å². The zero-order valence-electron chi connectivity index (χ0n) is 15.1. The second-order valence-electron chi connectivity index (χ2n) is 6.39. The van der Waals surface area contributed by atoms with Crippen molar-refractivity contribution in [2.45, 2.75) is 19.3 Å². The first kappa shape index (κ1) is 17.4. The lowest BCUT2D eigenvalue weighted by Gasteiger charge is -2.16. The average Bonchev–Trinajstić information content (AvgIpc) is 3.14. The Kier molecular flexibility index (Phi) is 4.99. The fourth-order valence-electron chi connectivity index (χ4n) is 3.24. The minimum absolute atomic E-state index is 0.0114. The average molecular weight is 372 g/mol. The summed E-state index contributed by atoms with van der Waals surface area (Å²) in [4.78, 5) is 17.7. The van der Waals surface area contributed by atoms with E-state index in [-0.39, 0.29) is 11.8 Å². The van der Waals surface area contributed by atoms with Crippen molar-refractivity contribution in [1.29, 1.82) is 0 Å². The Balaban J connectivity index is 1.66. The Labute approximate surface area is 162 Å². The van der Waals surface area contributed by atoms with Crippen LogP contribution in [0.25, 0.3) is 20.8 Å². The molecule has 0 fully saturated rings. The fourth-order valence-corrected chi connectivity index (χ4v) is 4.25. The molecule has 0 aliphatic rings. The topological polar surface area (TPSA) is 42.0 Å². The zero-order chi connectivity index (χ0) is 18.6. The molecule has 134 valence electrons. The molecular weight excluding hydrogens is 352 g/mol. The van der Waals surface area contributed by atoms with Crippen LogP contribution < -0.4 is 5.32 Å². The van der Waals surface area contributed by atoms with Gasteiger partial charge < -0.3 is 5.32 Å². The number of benzene rings is 3. The summed E-state index contributed by atoms with van der Waals surface area (Å²) >= 11 is 1.64. The Hall–Kier alpha value is -2.98. The van der Waals surface area contributed by atoms with E-state index in [1.807, 2.05) is 79.7 Å². The third-order valence-electron chi connectivity index (χ3n) is 4.64. The molecule has 0 radical (unpaired) electrons. The predicted molar refractivity (Wildman–Crippen MR) is 113 cm³/mol. The second-order valence-corrected chi connectivity index (χ2v) is 7.42. The summed E-state index contributed by atoms with van der Waals surface area (Å²) in [6.07, 6.45) is 0.749. The normalized spacial score (nSPS) is 12.0. The minimum atomic E-state index is -0.172. The number of hydrogen-bond acceptors (Lipinski definition) is 3. The van der Waals surface area contributed by atoms with E-state index in [0.717, 1.165) is 38.5 Å². The summed E-state index contributed by atoms with van der Waals surface area (Å²) in [5.74, 6) is -0.160. The van der Waals surface area contributed by atoms with Crippen LogP contribution in [0.1, 0.15) is 24.8 Å². The molecule has 4 heteroatoms. The molecule has 1 aromatic heterocycles. The van der Waals surface area contributed by atoms with E-state index in [4.69, 9.17) is 4.98 Å². The zero-order valence-corrected chi connectivity index (χ0v) is 15.9. The number of thiazole rings is 1. The molecule has 1 heterocycles. The quantitative estimate of drug-likeness (QED) is 0.460. The van der Waals surface area contributed by atoms with Crippen LogP contribution in [0.5, 0.6) is 0 Å². The van der Waals surface area contributed by atoms with Crippen molar-refractivity contribution in [3.8, 4) is 10.6 Å². The number of rotatable bonds is 5. The summed E-state index contributed by atoms with van der Waals surface area (Å²) in [5.41, 5.74) is 3.77. The molecule has 0 saturated carbocycles. The molecular formula is C23H20N2OS. The number of carbonyl (C=O) groups is 1. The number of nitrogens with one attached hydrogen (secondary N) is 1. The van der Waals surface area contributed by atoms with Crippen LogP contribution in [-0.2, 0) is 4.79 Å². The lowest BCUT2D eigenvalue weighted by Crippen LogP contribution is -2.21. The minimum Gasteiger partial charge on any atom is -0.325 e. The molecule has 0 spiro atoms. The van der Waals surface area contributed by atoms with Gasteiger partial charge in [-0.1, -0.05) is 61.5 Å². The van der Waals surface area contributed by atoms with Crippen LogP contribution in [0.3, 0.4) is 0 Å². The van der Waals surface area contributed by atoms with Gasteiger partial charge in [-0.2, -0.15) is 0 Å². The monoisotopic (exact) mass is 372 g/mol. The highest BCUT2D eigenvalue weighted by Crippen LogP contribution is 2.35. The van der Waals surface area contributed by atoms with Gasteiger partial charge in [-0.15, -0.1) is 11.3 Å². The Morgan fingerprint density at radius 1 is 0.963 bits per heavy atom. The Morgan fingerprint density at radius 2 is 1.67 bits per heavy atom. The molecule has 3 nitrogen and oxygen atoms in total. The smallest absolute Gasteiger partial charge is 0.231 e. The van der Waals surface area contributed by atoms with E-state index in [2.05, 4.69) is 11.4 Å². The van der Waals surface area contributed by atoms with Crippen molar-refractivity contribution in [3.63, 3.8) is 0 Å². The van der Waals surface area contributed by atoms with Crippen LogP contribution >= 0.6 is 11.3 Å². The number of carbonyl (C=O) groups excluding carboxylic acids is 1. The van der Waals surface area contributed by atoms with E-state index in [9.17, 15) is 4.79 Å². The summed E-state index contributed by atoms with van der Waals surface area (Å²) in [6.45, 7) is 2.04. The molecule has 0 aliphatic heterocycles. The van der Waals surface area contributed by atoms with Crippen molar-refractivity contribution in [2.24, 2.45) is 0 Å². The van der Waals surface area contributed by atoms with E-state index in [1.54, 1.807) is 11.3 Å². The number of aromatic nitrogens is 1. The van der Waals surface area contributed by atoms with Crippen LogP contribution in [-0.4, -0.2) is 10.9 Å². The van der Waals surface area contributed by atoms with Gasteiger partial charge in [0.15, 0.2) is 0 Å². The molecule has 4 aromatic rings. The summed E-state index contributed by atoms with van der Waals surface area (Å²) in [5, 5.41) is 4.05. The van der Waals surface area contributed by atoms with Crippen molar-refractivity contribution < 1.29 is 4.79 Å². The second kappa shape index (κ2) is 7.72. The van der Waals surface area contributed by atoms with Crippen LogP contribution in [0, 0.1) is 0 Å². The predicted octanol–water partition coefficient (Wildman–Crippen LogP) is 6.10. The van der Waals surface area contributed by atoms with Crippen LogP contribution in [0.15, 0.2) is 78.9 Å². The van der Waals surface area contributed by atoms with E-state index in [1.165, 1.54) is 0 Å². The van der Waals surface area contributed by atoms with Crippen molar-refractivity contribution in [3.05, 3.63) is 84.4 Å². The van der Waals surface area contributed by atoms with Crippen molar-refractivity contribution in [1.82, 2.24) is 4.98 Å². The first-order valence-corrected chi connectivity index (χ1v) is 9.88. The van der Waals surface area contributed by atoms with Crippen LogP contribution in [0.2, 0.25) is 0 Å². The number of para-hydroxylation sites is 2. The first-order chi connectivity index (χ1) is 13.3. The molecule has 0 saturated heterocycles. The fraction of sp³-hybridized carbons (Fsp3) is 0.130. The van der Waals surface area contributed by atoms with E-state index in [0.29, 0.717) is 0 Å². The van der Waals surface area contributed by atoms with Crippen LogP contribution in [0.4, 0.5) is 5.69 Å².